The first-order valence-electron chi connectivity index (χ1n) is 14.4. The van der Waals surface area contributed by atoms with Gasteiger partial charge >= 0.3 is 12.1 Å². The molecule has 2 heterocycles. The van der Waals surface area contributed by atoms with Crippen molar-refractivity contribution in [3.05, 3.63) is 59.5 Å². The van der Waals surface area contributed by atoms with E-state index in [2.05, 4.69) is 21.1 Å². The minimum atomic E-state index is -0.499. The van der Waals surface area contributed by atoms with Crippen LogP contribution in [0.15, 0.2) is 47.0 Å². The van der Waals surface area contributed by atoms with Crippen LogP contribution >= 0.6 is 0 Å². The van der Waals surface area contributed by atoms with Crippen LogP contribution in [0.25, 0.3) is 0 Å². The molecule has 0 aliphatic carbocycles. The van der Waals surface area contributed by atoms with Crippen LogP contribution < -0.4 is 25.4 Å². The number of carbonyl (C=O) groups excluding carboxylic acids is 3. The molecule has 2 aromatic carbocycles. The van der Waals surface area contributed by atoms with Gasteiger partial charge in [-0.25, -0.2) is 9.59 Å². The number of aliphatic hydroxyl groups excluding tert-OH is 1. The van der Waals surface area contributed by atoms with E-state index in [1.54, 1.807) is 82.3 Å². The summed E-state index contributed by atoms with van der Waals surface area (Å²) in [5.41, 5.74) is 2.65. The zero-order valence-electron chi connectivity index (χ0n) is 25.8. The van der Waals surface area contributed by atoms with Crippen LogP contribution in [0.4, 0.5) is 26.7 Å². The van der Waals surface area contributed by atoms with Crippen molar-refractivity contribution in [1.29, 1.82) is 0 Å². The third-order valence-electron chi connectivity index (χ3n) is 7.59. The molecule has 1 aliphatic heterocycles. The SMILES string of the molecule is COc1ccc(NC(=O)N(C)C[C@H]2Oc3ccc(NC(=O)Nc4c(C)noc4C)cc3CC(=O)N([C@@H](C)CO)C[C@@H]2C)cc1. The normalized spacial score (nSPS) is 17.2. The number of likely N-dealkylation sites (N-methyl/N-ethyl adjacent to an activating group) is 1. The van der Waals surface area contributed by atoms with Gasteiger partial charge in [-0.2, -0.15) is 0 Å². The van der Waals surface area contributed by atoms with Crippen molar-refractivity contribution in [2.24, 2.45) is 5.92 Å². The van der Waals surface area contributed by atoms with Crippen molar-refractivity contribution >= 4 is 35.0 Å². The average Bonchev–Trinajstić information content (AvgIpc) is 3.33. The molecule has 0 bridgehead atoms. The highest BCUT2D eigenvalue weighted by Gasteiger charge is 2.32. The Labute approximate surface area is 256 Å². The Morgan fingerprint density at radius 1 is 1.14 bits per heavy atom. The van der Waals surface area contributed by atoms with Gasteiger partial charge in [-0.3, -0.25) is 4.79 Å². The quantitative estimate of drug-likeness (QED) is 0.295. The molecule has 0 spiro atoms. The number of aromatic nitrogens is 1. The molecule has 44 heavy (non-hydrogen) atoms. The second-order valence-electron chi connectivity index (χ2n) is 11.0. The predicted octanol–water partition coefficient (Wildman–Crippen LogP) is 4.26. The van der Waals surface area contributed by atoms with E-state index in [-0.39, 0.29) is 37.4 Å². The second kappa shape index (κ2) is 14.1. The Hall–Kier alpha value is -4.78. The first-order valence-corrected chi connectivity index (χ1v) is 14.4. The Kier molecular flexibility index (Phi) is 10.3. The molecule has 4 rings (SSSR count). The summed E-state index contributed by atoms with van der Waals surface area (Å²) >= 11 is 0. The number of carbonyl (C=O) groups is 3. The van der Waals surface area contributed by atoms with Crippen LogP contribution in [0.5, 0.6) is 11.5 Å². The number of urea groups is 2. The van der Waals surface area contributed by atoms with Gasteiger partial charge < -0.3 is 44.9 Å². The molecular formula is C31H40N6O7. The number of hydrogen-bond donors (Lipinski definition) is 4. The Morgan fingerprint density at radius 2 is 1.84 bits per heavy atom. The summed E-state index contributed by atoms with van der Waals surface area (Å²) in [6.07, 6.45) is -0.505. The molecular weight excluding hydrogens is 568 g/mol. The van der Waals surface area contributed by atoms with Gasteiger partial charge in [-0.05, 0) is 63.2 Å². The highest BCUT2D eigenvalue weighted by molar-refractivity contribution is 6.00. The number of aliphatic hydroxyl groups is 1. The molecule has 13 nitrogen and oxygen atoms in total. The molecule has 3 atom stereocenters. The van der Waals surface area contributed by atoms with E-state index in [1.165, 1.54) is 4.90 Å². The summed E-state index contributed by atoms with van der Waals surface area (Å²) in [6.45, 7) is 7.49. The van der Waals surface area contributed by atoms with Crippen molar-refractivity contribution in [2.45, 2.75) is 46.3 Å². The molecule has 13 heteroatoms. The van der Waals surface area contributed by atoms with Crippen LogP contribution in [-0.4, -0.2) is 84.0 Å². The van der Waals surface area contributed by atoms with Gasteiger partial charge in [0, 0.05) is 36.4 Å². The monoisotopic (exact) mass is 608 g/mol. The summed E-state index contributed by atoms with van der Waals surface area (Å²) in [7, 11) is 3.25. The first kappa shape index (κ1) is 32.1. The molecule has 0 saturated heterocycles. The minimum Gasteiger partial charge on any atom is -0.497 e. The van der Waals surface area contributed by atoms with Gasteiger partial charge in [0.15, 0.2) is 5.76 Å². The number of methoxy groups -OCH3 is 1. The molecule has 1 aliphatic rings. The molecule has 0 fully saturated rings. The Bertz CT molecular complexity index is 1460. The Balaban J connectivity index is 1.55. The van der Waals surface area contributed by atoms with Crippen molar-refractivity contribution in [3.63, 3.8) is 0 Å². The fourth-order valence-electron chi connectivity index (χ4n) is 4.91. The van der Waals surface area contributed by atoms with Crippen LogP contribution in [0.1, 0.15) is 30.9 Å². The van der Waals surface area contributed by atoms with E-state index in [1.807, 2.05) is 6.92 Å². The van der Waals surface area contributed by atoms with Gasteiger partial charge in [0.05, 0.1) is 32.7 Å². The number of aryl methyl sites for hydroxylation is 2. The smallest absolute Gasteiger partial charge is 0.323 e. The lowest BCUT2D eigenvalue weighted by Crippen LogP contribution is -2.48. The number of amides is 5. The van der Waals surface area contributed by atoms with Gasteiger partial charge in [0.1, 0.15) is 29.0 Å². The molecule has 0 radical (unpaired) electrons. The highest BCUT2D eigenvalue weighted by atomic mass is 16.5. The molecule has 5 amide bonds. The largest absolute Gasteiger partial charge is 0.497 e. The molecule has 0 unspecified atom stereocenters. The third kappa shape index (κ3) is 7.78. The summed E-state index contributed by atoms with van der Waals surface area (Å²) in [6, 6.07) is 10.8. The second-order valence-corrected chi connectivity index (χ2v) is 11.0. The maximum absolute atomic E-state index is 13.5. The van der Waals surface area contributed by atoms with Crippen LogP contribution in [0.2, 0.25) is 0 Å². The van der Waals surface area contributed by atoms with E-state index in [0.717, 1.165) is 0 Å². The van der Waals surface area contributed by atoms with Crippen molar-refractivity contribution in [3.8, 4) is 11.5 Å². The predicted molar refractivity (Wildman–Crippen MR) is 165 cm³/mol. The summed E-state index contributed by atoms with van der Waals surface area (Å²) in [5, 5.41) is 22.1. The molecule has 1 aromatic heterocycles. The average molecular weight is 609 g/mol. The number of fused-ring (bicyclic) bond motifs is 1. The lowest BCUT2D eigenvalue weighted by molar-refractivity contribution is -0.134. The van der Waals surface area contributed by atoms with Crippen molar-refractivity contribution in [1.82, 2.24) is 15.0 Å². The van der Waals surface area contributed by atoms with Crippen LogP contribution in [0.3, 0.4) is 0 Å². The summed E-state index contributed by atoms with van der Waals surface area (Å²) in [4.78, 5) is 42.5. The molecule has 236 valence electrons. The van der Waals surface area contributed by atoms with E-state index in [4.69, 9.17) is 14.0 Å². The summed E-state index contributed by atoms with van der Waals surface area (Å²) in [5.74, 6) is 1.24. The van der Waals surface area contributed by atoms with Gasteiger partial charge in [-0.15, -0.1) is 0 Å². The maximum atomic E-state index is 13.5. The number of hydrogen-bond acceptors (Lipinski definition) is 8. The number of ether oxygens (including phenoxy) is 2. The van der Waals surface area contributed by atoms with Crippen molar-refractivity contribution < 1.29 is 33.5 Å². The van der Waals surface area contributed by atoms with Crippen molar-refractivity contribution in [2.75, 3.05) is 49.8 Å². The standard InChI is InChI=1S/C31H40N6O7/c1-18-15-37(19(2)17-38)28(39)14-22-13-24(32-30(40)34-29-20(3)35-44-21(29)4)9-12-26(22)43-27(18)16-36(5)31(41)33-23-7-10-25(42-6)11-8-23/h7-13,18-19,27,38H,14-17H2,1-6H3,(H,33,41)(H2,32,34,40)/t18-,19-,27+/m0/s1. The van der Waals surface area contributed by atoms with E-state index < -0.39 is 18.2 Å². The topological polar surface area (TPSA) is 158 Å². The fourth-order valence-corrected chi connectivity index (χ4v) is 4.91. The van der Waals surface area contributed by atoms with E-state index in [0.29, 0.717) is 52.1 Å². The fraction of sp³-hybridized carbons (Fsp3) is 0.419. The highest BCUT2D eigenvalue weighted by Crippen LogP contribution is 2.30. The number of benzene rings is 2. The number of rotatable bonds is 8. The van der Waals surface area contributed by atoms with E-state index >= 15 is 0 Å². The lowest BCUT2D eigenvalue weighted by atomic mass is 10.0. The molecule has 3 aromatic rings. The maximum Gasteiger partial charge on any atom is 0.323 e. The van der Waals surface area contributed by atoms with E-state index in [9.17, 15) is 19.5 Å². The zero-order valence-corrected chi connectivity index (χ0v) is 25.8. The number of nitrogens with zero attached hydrogens (tertiary/aromatic N) is 3. The molecule has 4 N–H and O–H groups in total. The molecule has 0 saturated carbocycles. The third-order valence-corrected chi connectivity index (χ3v) is 7.59. The summed E-state index contributed by atoms with van der Waals surface area (Å²) < 4.78 is 16.8. The lowest BCUT2D eigenvalue weighted by Gasteiger charge is -2.34. The number of anilines is 3. The van der Waals surface area contributed by atoms with Gasteiger partial charge in [-0.1, -0.05) is 12.1 Å². The zero-order chi connectivity index (χ0) is 32.0. The first-order chi connectivity index (χ1) is 21.0. The number of nitrogens with one attached hydrogen (secondary N) is 3. The Morgan fingerprint density at radius 3 is 2.48 bits per heavy atom. The van der Waals surface area contributed by atoms with Gasteiger partial charge in [0.25, 0.3) is 0 Å². The van der Waals surface area contributed by atoms with Crippen LogP contribution in [-0.2, 0) is 11.2 Å². The van der Waals surface area contributed by atoms with Gasteiger partial charge in [0.2, 0.25) is 5.91 Å². The van der Waals surface area contributed by atoms with Crippen LogP contribution in [0, 0.1) is 19.8 Å². The minimum absolute atomic E-state index is 0.00604.